The number of rotatable bonds is 2. The van der Waals surface area contributed by atoms with Crippen molar-refractivity contribution >= 4 is 28.3 Å². The third-order valence-corrected chi connectivity index (χ3v) is 4.73. The van der Waals surface area contributed by atoms with Crippen molar-refractivity contribution in [3.05, 3.63) is 32.6 Å². The molecule has 0 saturated heterocycles. The molecule has 3 heterocycles. The van der Waals surface area contributed by atoms with Gasteiger partial charge in [-0.3, -0.25) is 14.5 Å². The number of nitrogens with one attached hydrogen (secondary N) is 2. The lowest BCUT2D eigenvalue weighted by molar-refractivity contribution is 0.605. The number of aromatic amines is 1. The number of anilines is 1. The maximum atomic E-state index is 12.0. The normalized spacial score (nSPS) is 17.9. The lowest BCUT2D eigenvalue weighted by Gasteiger charge is -2.22. The van der Waals surface area contributed by atoms with Crippen LogP contribution in [0.4, 0.5) is 5.95 Å². The Labute approximate surface area is 124 Å². The van der Waals surface area contributed by atoms with E-state index < -0.39 is 0 Å². The molecule has 3 aromatic rings. The molecule has 3 aromatic heterocycles. The van der Waals surface area contributed by atoms with E-state index in [1.807, 2.05) is 5.51 Å². The second kappa shape index (κ2) is 4.66. The number of hydrogen-bond donors (Lipinski definition) is 2. The highest BCUT2D eigenvalue weighted by Crippen LogP contribution is 2.25. The molecule has 0 spiro atoms. The van der Waals surface area contributed by atoms with Crippen LogP contribution in [0.15, 0.2) is 16.5 Å². The molecule has 8 heteroatoms. The van der Waals surface area contributed by atoms with Gasteiger partial charge in [0.25, 0.3) is 5.56 Å². The maximum Gasteiger partial charge on any atom is 0.263 e. The molecule has 7 nitrogen and oxygen atoms in total. The fourth-order valence-corrected chi connectivity index (χ4v) is 3.61. The van der Waals surface area contributed by atoms with E-state index in [4.69, 9.17) is 0 Å². The van der Waals surface area contributed by atoms with Crippen molar-refractivity contribution in [2.24, 2.45) is 7.05 Å². The van der Waals surface area contributed by atoms with Crippen LogP contribution in [0.2, 0.25) is 0 Å². The Morgan fingerprint density at radius 2 is 2.43 bits per heavy atom. The predicted octanol–water partition coefficient (Wildman–Crippen LogP) is 1.08. The molecule has 0 amide bonds. The molecule has 0 aliphatic heterocycles. The quantitative estimate of drug-likeness (QED) is 0.739. The van der Waals surface area contributed by atoms with Gasteiger partial charge in [-0.15, -0.1) is 11.3 Å². The number of H-pyrrole nitrogens is 1. The van der Waals surface area contributed by atoms with Crippen molar-refractivity contribution in [2.45, 2.75) is 25.3 Å². The fourth-order valence-electron chi connectivity index (χ4n) is 2.72. The van der Waals surface area contributed by atoms with E-state index in [1.54, 1.807) is 23.1 Å². The van der Waals surface area contributed by atoms with Crippen LogP contribution in [0.3, 0.4) is 0 Å². The minimum Gasteiger partial charge on any atom is -0.353 e. The average molecular weight is 302 g/mol. The van der Waals surface area contributed by atoms with Gasteiger partial charge in [-0.05, 0) is 12.8 Å². The standard InChI is InChI=1S/C13H14N6OS/c1-19-11-8(5-15-19)12(20)18-13(17-11)16-7-2-3-9-10(4-7)21-6-14-9/h5-7H,2-4H2,1H3,(H2,16,17,18,20)/t7-/m0/s1. The van der Waals surface area contributed by atoms with Gasteiger partial charge in [-0.1, -0.05) is 0 Å². The molecular formula is C13H14N6OS. The van der Waals surface area contributed by atoms with Crippen molar-refractivity contribution in [1.29, 1.82) is 0 Å². The highest BCUT2D eigenvalue weighted by Gasteiger charge is 2.21. The number of aryl methyl sites for hydroxylation is 2. The van der Waals surface area contributed by atoms with Gasteiger partial charge in [-0.25, -0.2) is 4.98 Å². The van der Waals surface area contributed by atoms with Crippen LogP contribution in [-0.4, -0.2) is 30.8 Å². The van der Waals surface area contributed by atoms with E-state index in [-0.39, 0.29) is 11.6 Å². The highest BCUT2D eigenvalue weighted by atomic mass is 32.1. The topological polar surface area (TPSA) is 88.5 Å². The predicted molar refractivity (Wildman–Crippen MR) is 80.7 cm³/mol. The number of aromatic nitrogens is 5. The molecule has 1 atom stereocenters. The monoisotopic (exact) mass is 302 g/mol. The Balaban J connectivity index is 1.63. The van der Waals surface area contributed by atoms with Gasteiger partial charge >= 0.3 is 0 Å². The first-order valence-electron chi connectivity index (χ1n) is 6.80. The molecule has 0 radical (unpaired) electrons. The van der Waals surface area contributed by atoms with Crippen molar-refractivity contribution in [1.82, 2.24) is 24.7 Å². The Bertz CT molecular complexity index is 863. The first-order chi connectivity index (χ1) is 10.2. The van der Waals surface area contributed by atoms with Gasteiger partial charge in [0.15, 0.2) is 5.65 Å². The molecule has 0 bridgehead atoms. The summed E-state index contributed by atoms with van der Waals surface area (Å²) in [5, 5.41) is 7.91. The Morgan fingerprint density at radius 1 is 1.52 bits per heavy atom. The molecule has 0 aromatic carbocycles. The molecule has 21 heavy (non-hydrogen) atoms. The van der Waals surface area contributed by atoms with E-state index in [2.05, 4.69) is 25.4 Å². The average Bonchev–Trinajstić information content (AvgIpc) is 3.06. The Hall–Kier alpha value is -2.22. The van der Waals surface area contributed by atoms with Crippen LogP contribution in [0.1, 0.15) is 17.0 Å². The first-order valence-corrected chi connectivity index (χ1v) is 7.68. The van der Waals surface area contributed by atoms with Crippen molar-refractivity contribution in [3.63, 3.8) is 0 Å². The summed E-state index contributed by atoms with van der Waals surface area (Å²) in [7, 11) is 1.78. The Kier molecular flexibility index (Phi) is 2.78. The van der Waals surface area contributed by atoms with Gasteiger partial charge in [-0.2, -0.15) is 10.1 Å². The van der Waals surface area contributed by atoms with Crippen LogP contribution in [0, 0.1) is 0 Å². The van der Waals surface area contributed by atoms with Gasteiger partial charge in [0.1, 0.15) is 5.39 Å². The van der Waals surface area contributed by atoms with Crippen LogP contribution >= 0.6 is 11.3 Å². The SMILES string of the molecule is Cn1ncc2c(=O)[nH]c(N[C@H]3CCc4ncsc4C3)nc21. The minimum absolute atomic E-state index is 0.162. The molecule has 4 rings (SSSR count). The van der Waals surface area contributed by atoms with E-state index in [0.29, 0.717) is 17.0 Å². The maximum absolute atomic E-state index is 12.0. The minimum atomic E-state index is -0.162. The van der Waals surface area contributed by atoms with Crippen LogP contribution in [0.25, 0.3) is 11.0 Å². The van der Waals surface area contributed by atoms with E-state index in [0.717, 1.165) is 19.3 Å². The molecule has 1 aliphatic rings. The van der Waals surface area contributed by atoms with Crippen molar-refractivity contribution in [2.75, 3.05) is 5.32 Å². The molecule has 0 unspecified atom stereocenters. The van der Waals surface area contributed by atoms with Gasteiger partial charge in [0, 0.05) is 24.4 Å². The van der Waals surface area contributed by atoms with Gasteiger partial charge in [0.2, 0.25) is 5.95 Å². The number of hydrogen-bond acceptors (Lipinski definition) is 6. The second-order valence-corrected chi connectivity index (χ2v) is 6.17. The smallest absolute Gasteiger partial charge is 0.263 e. The highest BCUT2D eigenvalue weighted by molar-refractivity contribution is 7.09. The zero-order valence-corrected chi connectivity index (χ0v) is 12.3. The molecule has 108 valence electrons. The first kappa shape index (κ1) is 12.5. The summed E-state index contributed by atoms with van der Waals surface area (Å²) in [5.74, 6) is 0.508. The van der Waals surface area contributed by atoms with Crippen LogP contribution in [-0.2, 0) is 19.9 Å². The lowest BCUT2D eigenvalue weighted by Crippen LogP contribution is -2.28. The second-order valence-electron chi connectivity index (χ2n) is 5.23. The summed E-state index contributed by atoms with van der Waals surface area (Å²) in [4.78, 5) is 24.9. The summed E-state index contributed by atoms with van der Waals surface area (Å²) in [5.41, 5.74) is 3.54. The van der Waals surface area contributed by atoms with Gasteiger partial charge in [0.05, 0.1) is 17.4 Å². The van der Waals surface area contributed by atoms with Crippen molar-refractivity contribution < 1.29 is 0 Å². The van der Waals surface area contributed by atoms with Crippen LogP contribution < -0.4 is 10.9 Å². The summed E-state index contributed by atoms with van der Waals surface area (Å²) in [6.45, 7) is 0. The van der Waals surface area contributed by atoms with E-state index in [9.17, 15) is 4.79 Å². The fraction of sp³-hybridized carbons (Fsp3) is 0.385. The molecule has 1 aliphatic carbocycles. The molecular weight excluding hydrogens is 288 g/mol. The summed E-state index contributed by atoms with van der Waals surface area (Å²) >= 11 is 1.69. The number of thiazole rings is 1. The van der Waals surface area contributed by atoms with E-state index >= 15 is 0 Å². The number of fused-ring (bicyclic) bond motifs is 2. The molecule has 0 saturated carbocycles. The van der Waals surface area contributed by atoms with Crippen molar-refractivity contribution in [3.8, 4) is 0 Å². The number of nitrogens with zero attached hydrogens (tertiary/aromatic N) is 4. The molecule has 0 fully saturated rings. The summed E-state index contributed by atoms with van der Waals surface area (Å²) < 4.78 is 1.61. The zero-order chi connectivity index (χ0) is 14.4. The zero-order valence-electron chi connectivity index (χ0n) is 11.5. The van der Waals surface area contributed by atoms with Gasteiger partial charge < -0.3 is 5.32 Å². The third kappa shape index (κ3) is 2.11. The largest absolute Gasteiger partial charge is 0.353 e. The summed E-state index contributed by atoms with van der Waals surface area (Å²) in [6.07, 6.45) is 4.42. The lowest BCUT2D eigenvalue weighted by atomic mass is 9.98. The Morgan fingerprint density at radius 3 is 3.33 bits per heavy atom. The molecule has 2 N–H and O–H groups in total. The van der Waals surface area contributed by atoms with E-state index in [1.165, 1.54) is 16.8 Å². The van der Waals surface area contributed by atoms with Crippen LogP contribution in [0.5, 0.6) is 0 Å². The third-order valence-electron chi connectivity index (χ3n) is 3.83. The summed E-state index contributed by atoms with van der Waals surface area (Å²) in [6, 6.07) is 0.270.